The standard InChI is InChI=1S/C18H21N3O2S/c1-3-16(22)11-20(15-7-5-4-6-8-15)10-14-9-17(23)21-13(2)12-24-18(21)19-14/h4-9,12,16,22H,3,10-11H2,1-2H3. The fourth-order valence-corrected chi connectivity index (χ4v) is 3.55. The summed E-state index contributed by atoms with van der Waals surface area (Å²) in [7, 11) is 0. The molecule has 0 spiro atoms. The lowest BCUT2D eigenvalue weighted by molar-refractivity contribution is 0.175. The summed E-state index contributed by atoms with van der Waals surface area (Å²) in [6, 6.07) is 11.5. The van der Waals surface area contributed by atoms with Gasteiger partial charge in [0.15, 0.2) is 4.96 Å². The Hall–Kier alpha value is -2.18. The molecule has 126 valence electrons. The second kappa shape index (κ2) is 7.15. The van der Waals surface area contributed by atoms with Crippen molar-refractivity contribution < 1.29 is 5.11 Å². The van der Waals surface area contributed by atoms with Crippen molar-refractivity contribution in [2.75, 3.05) is 11.4 Å². The van der Waals surface area contributed by atoms with Gasteiger partial charge in [0.1, 0.15) is 0 Å². The number of aliphatic hydroxyl groups is 1. The van der Waals surface area contributed by atoms with Crippen LogP contribution in [0, 0.1) is 6.92 Å². The molecule has 6 heteroatoms. The number of rotatable bonds is 6. The van der Waals surface area contributed by atoms with Crippen LogP contribution in [0.4, 0.5) is 5.69 Å². The molecule has 0 aliphatic carbocycles. The van der Waals surface area contributed by atoms with E-state index in [9.17, 15) is 9.90 Å². The molecule has 2 aromatic heterocycles. The van der Waals surface area contributed by atoms with Crippen molar-refractivity contribution in [2.24, 2.45) is 0 Å². The van der Waals surface area contributed by atoms with Gasteiger partial charge in [0.05, 0.1) is 18.3 Å². The number of fused-ring (bicyclic) bond motifs is 1. The largest absolute Gasteiger partial charge is 0.391 e. The third-order valence-corrected chi connectivity index (χ3v) is 4.95. The zero-order valence-corrected chi connectivity index (χ0v) is 14.7. The molecule has 0 aliphatic heterocycles. The van der Waals surface area contributed by atoms with Crippen LogP contribution in [0.2, 0.25) is 0 Å². The average Bonchev–Trinajstić information content (AvgIpc) is 2.96. The van der Waals surface area contributed by atoms with E-state index in [-0.39, 0.29) is 5.56 Å². The molecule has 1 unspecified atom stereocenters. The Morgan fingerprint density at radius 3 is 2.79 bits per heavy atom. The van der Waals surface area contributed by atoms with E-state index in [1.165, 1.54) is 11.3 Å². The van der Waals surface area contributed by atoms with Gasteiger partial charge in [0.25, 0.3) is 5.56 Å². The molecular formula is C18H21N3O2S. The van der Waals surface area contributed by atoms with Gasteiger partial charge in [-0.1, -0.05) is 25.1 Å². The van der Waals surface area contributed by atoms with Crippen LogP contribution in [0.3, 0.4) is 0 Å². The summed E-state index contributed by atoms with van der Waals surface area (Å²) < 4.78 is 1.63. The second-order valence-electron chi connectivity index (χ2n) is 5.86. The molecule has 0 saturated heterocycles. The minimum Gasteiger partial charge on any atom is -0.391 e. The van der Waals surface area contributed by atoms with Crippen LogP contribution in [0.5, 0.6) is 0 Å². The van der Waals surface area contributed by atoms with Gasteiger partial charge >= 0.3 is 0 Å². The molecule has 1 aromatic carbocycles. The molecule has 0 amide bonds. The number of thiazole rings is 1. The highest BCUT2D eigenvalue weighted by Crippen LogP contribution is 2.18. The molecular weight excluding hydrogens is 322 g/mol. The number of benzene rings is 1. The van der Waals surface area contributed by atoms with E-state index in [1.807, 2.05) is 49.6 Å². The van der Waals surface area contributed by atoms with Crippen molar-refractivity contribution in [1.82, 2.24) is 9.38 Å². The lowest BCUT2D eigenvalue weighted by Gasteiger charge is -2.26. The quantitative estimate of drug-likeness (QED) is 0.748. The van der Waals surface area contributed by atoms with E-state index in [1.54, 1.807) is 10.5 Å². The summed E-state index contributed by atoms with van der Waals surface area (Å²) in [5.41, 5.74) is 2.57. The highest BCUT2D eigenvalue weighted by molar-refractivity contribution is 7.15. The maximum Gasteiger partial charge on any atom is 0.259 e. The van der Waals surface area contributed by atoms with Crippen molar-refractivity contribution in [3.8, 4) is 0 Å². The molecule has 0 fully saturated rings. The first kappa shape index (κ1) is 16.7. The summed E-state index contributed by atoms with van der Waals surface area (Å²) in [5.74, 6) is 0. The highest BCUT2D eigenvalue weighted by atomic mass is 32.1. The topological polar surface area (TPSA) is 57.8 Å². The predicted octanol–water partition coefficient (Wildman–Crippen LogP) is 2.84. The van der Waals surface area contributed by atoms with E-state index in [2.05, 4.69) is 9.88 Å². The third kappa shape index (κ3) is 3.49. The number of hydrogen-bond acceptors (Lipinski definition) is 5. The van der Waals surface area contributed by atoms with Gasteiger partial charge in [0, 0.05) is 29.4 Å². The minimum absolute atomic E-state index is 0.0576. The third-order valence-electron chi connectivity index (χ3n) is 4.01. The Bertz CT molecular complexity index is 873. The highest BCUT2D eigenvalue weighted by Gasteiger charge is 2.14. The molecule has 0 aliphatic rings. The van der Waals surface area contributed by atoms with Crippen LogP contribution in [0.25, 0.3) is 4.96 Å². The lowest BCUT2D eigenvalue weighted by Crippen LogP contribution is -2.32. The Kier molecular flexibility index (Phi) is 4.97. The fourth-order valence-electron chi connectivity index (χ4n) is 2.66. The number of para-hydroxylation sites is 1. The molecule has 1 atom stereocenters. The summed E-state index contributed by atoms with van der Waals surface area (Å²) in [4.78, 5) is 19.7. The molecule has 3 rings (SSSR count). The first-order valence-corrected chi connectivity index (χ1v) is 8.91. The maximum absolute atomic E-state index is 12.3. The molecule has 0 radical (unpaired) electrons. The minimum atomic E-state index is -0.418. The summed E-state index contributed by atoms with van der Waals surface area (Å²) in [6.07, 6.45) is 0.266. The summed E-state index contributed by atoms with van der Waals surface area (Å²) in [6.45, 7) is 4.86. The van der Waals surface area contributed by atoms with E-state index >= 15 is 0 Å². The van der Waals surface area contributed by atoms with Crippen molar-refractivity contribution in [3.63, 3.8) is 0 Å². The van der Waals surface area contributed by atoms with Crippen LogP contribution in [-0.2, 0) is 6.54 Å². The average molecular weight is 343 g/mol. The summed E-state index contributed by atoms with van der Waals surface area (Å²) in [5, 5.41) is 12.0. The Labute approximate surface area is 144 Å². The van der Waals surface area contributed by atoms with Gasteiger partial charge in [0.2, 0.25) is 0 Å². The van der Waals surface area contributed by atoms with Gasteiger partial charge < -0.3 is 10.0 Å². The summed E-state index contributed by atoms with van der Waals surface area (Å²) >= 11 is 1.47. The van der Waals surface area contributed by atoms with Crippen LogP contribution in [0.15, 0.2) is 46.6 Å². The zero-order valence-electron chi connectivity index (χ0n) is 13.8. The lowest BCUT2D eigenvalue weighted by atomic mass is 10.2. The van der Waals surface area contributed by atoms with Gasteiger partial charge in [-0.05, 0) is 25.5 Å². The first-order chi connectivity index (χ1) is 11.6. The van der Waals surface area contributed by atoms with E-state index in [0.717, 1.165) is 11.4 Å². The predicted molar refractivity (Wildman–Crippen MR) is 97.9 cm³/mol. The number of nitrogens with zero attached hydrogens (tertiary/aromatic N) is 3. The molecule has 24 heavy (non-hydrogen) atoms. The second-order valence-corrected chi connectivity index (χ2v) is 6.70. The number of anilines is 1. The van der Waals surface area contributed by atoms with Gasteiger partial charge in [-0.15, -0.1) is 11.3 Å². The molecule has 5 nitrogen and oxygen atoms in total. The van der Waals surface area contributed by atoms with Crippen molar-refractivity contribution in [1.29, 1.82) is 0 Å². The van der Waals surface area contributed by atoms with Crippen molar-refractivity contribution in [2.45, 2.75) is 32.9 Å². The van der Waals surface area contributed by atoms with E-state index in [0.29, 0.717) is 30.2 Å². The SMILES string of the molecule is CCC(O)CN(Cc1cc(=O)n2c(C)csc2n1)c1ccccc1. The molecule has 3 aromatic rings. The molecule has 0 saturated carbocycles. The Balaban J connectivity index is 1.93. The van der Waals surface area contributed by atoms with E-state index < -0.39 is 6.10 Å². The molecule has 2 heterocycles. The first-order valence-electron chi connectivity index (χ1n) is 8.03. The zero-order chi connectivity index (χ0) is 17.1. The van der Waals surface area contributed by atoms with Gasteiger partial charge in [-0.25, -0.2) is 4.98 Å². The fraction of sp³-hybridized carbons (Fsp3) is 0.333. The monoisotopic (exact) mass is 343 g/mol. The number of aliphatic hydroxyl groups excluding tert-OH is 1. The maximum atomic E-state index is 12.3. The van der Waals surface area contributed by atoms with Gasteiger partial charge in [-0.2, -0.15) is 0 Å². The normalized spacial score (nSPS) is 12.5. The van der Waals surface area contributed by atoms with Crippen LogP contribution in [-0.4, -0.2) is 27.1 Å². The van der Waals surface area contributed by atoms with E-state index in [4.69, 9.17) is 0 Å². The molecule has 1 N–H and O–H groups in total. The Morgan fingerprint density at radius 2 is 2.08 bits per heavy atom. The van der Waals surface area contributed by atoms with Gasteiger partial charge in [-0.3, -0.25) is 9.20 Å². The number of aryl methyl sites for hydroxylation is 1. The van der Waals surface area contributed by atoms with Crippen LogP contribution >= 0.6 is 11.3 Å². The van der Waals surface area contributed by atoms with Crippen molar-refractivity contribution >= 4 is 22.0 Å². The molecule has 0 bridgehead atoms. The van der Waals surface area contributed by atoms with Crippen molar-refractivity contribution in [3.05, 3.63) is 63.5 Å². The van der Waals surface area contributed by atoms with Crippen LogP contribution in [0.1, 0.15) is 24.7 Å². The number of aromatic nitrogens is 2. The number of hydrogen-bond donors (Lipinski definition) is 1. The smallest absolute Gasteiger partial charge is 0.259 e. The Morgan fingerprint density at radius 1 is 1.33 bits per heavy atom. The van der Waals surface area contributed by atoms with Crippen LogP contribution < -0.4 is 10.5 Å².